The molecule has 0 amide bonds. The summed E-state index contributed by atoms with van der Waals surface area (Å²) in [6.07, 6.45) is 5.06. The van der Waals surface area contributed by atoms with Crippen molar-refractivity contribution in [1.29, 1.82) is 0 Å². The summed E-state index contributed by atoms with van der Waals surface area (Å²) in [7, 11) is 0. The molecule has 3 nitrogen and oxygen atoms in total. The van der Waals surface area contributed by atoms with E-state index in [9.17, 15) is 0 Å². The Bertz CT molecular complexity index is 408. The molecule has 0 aliphatic rings. The van der Waals surface area contributed by atoms with Crippen LogP contribution in [0.25, 0.3) is 0 Å². The highest BCUT2D eigenvalue weighted by atomic mass is 35.5. The van der Waals surface area contributed by atoms with Gasteiger partial charge in [-0.05, 0) is 12.1 Å². The molecule has 0 aliphatic carbocycles. The van der Waals surface area contributed by atoms with Gasteiger partial charge in [-0.25, -0.2) is 4.98 Å². The summed E-state index contributed by atoms with van der Waals surface area (Å²) in [5, 5.41) is -0.156. The molecule has 2 aromatic rings. The third-order valence-electron chi connectivity index (χ3n) is 2.27. The van der Waals surface area contributed by atoms with Gasteiger partial charge in [-0.15, -0.1) is 11.6 Å². The van der Waals surface area contributed by atoms with E-state index in [1.807, 2.05) is 12.1 Å². The Morgan fingerprint density at radius 3 is 3.00 bits per heavy atom. The number of hydrogen-bond donors (Lipinski definition) is 1. The van der Waals surface area contributed by atoms with Gasteiger partial charge in [0.1, 0.15) is 17.3 Å². The molecule has 2 heterocycles. The minimum atomic E-state index is -0.156. The van der Waals surface area contributed by atoms with Gasteiger partial charge in [0.15, 0.2) is 0 Å². The number of imidazole rings is 1. The average molecular weight is 225 g/mol. The van der Waals surface area contributed by atoms with Crippen molar-refractivity contribution in [2.24, 2.45) is 0 Å². The van der Waals surface area contributed by atoms with Gasteiger partial charge in [0.25, 0.3) is 0 Å². The maximum absolute atomic E-state index is 6.21. The molecule has 0 aromatic carbocycles. The van der Waals surface area contributed by atoms with Crippen LogP contribution >= 0.6 is 11.6 Å². The van der Waals surface area contributed by atoms with Crippen molar-refractivity contribution in [3.05, 3.63) is 41.9 Å². The first-order valence-corrected chi connectivity index (χ1v) is 5.44. The first-order chi connectivity index (χ1) is 7.29. The molecule has 0 fully saturated rings. The number of furan rings is 1. The van der Waals surface area contributed by atoms with E-state index < -0.39 is 0 Å². The number of hydrogen-bond acceptors (Lipinski definition) is 2. The Labute approximate surface area is 93.5 Å². The Morgan fingerprint density at radius 2 is 2.40 bits per heavy atom. The number of nitrogens with zero attached hydrogens (tertiary/aromatic N) is 1. The summed E-state index contributed by atoms with van der Waals surface area (Å²) in [6.45, 7) is 2.05. The Morgan fingerprint density at radius 1 is 1.53 bits per heavy atom. The molecule has 0 saturated carbocycles. The lowest BCUT2D eigenvalue weighted by molar-refractivity contribution is 0.462. The summed E-state index contributed by atoms with van der Waals surface area (Å²) in [5.74, 6) is 2.66. The van der Waals surface area contributed by atoms with E-state index in [2.05, 4.69) is 16.9 Å². The number of aromatic nitrogens is 2. The number of alkyl halides is 1. The highest BCUT2D eigenvalue weighted by Gasteiger charge is 2.14. The molecule has 1 atom stereocenters. The van der Waals surface area contributed by atoms with Gasteiger partial charge in [-0.1, -0.05) is 6.92 Å². The van der Waals surface area contributed by atoms with Crippen molar-refractivity contribution in [3.8, 4) is 0 Å². The molecule has 2 rings (SSSR count). The van der Waals surface area contributed by atoms with Gasteiger partial charge < -0.3 is 9.40 Å². The van der Waals surface area contributed by atoms with E-state index in [1.54, 1.807) is 12.4 Å². The largest absolute Gasteiger partial charge is 0.465 e. The predicted octanol–water partition coefficient (Wildman–Crippen LogP) is 3.09. The average Bonchev–Trinajstić information content (AvgIpc) is 2.86. The monoisotopic (exact) mass is 224 g/mol. The van der Waals surface area contributed by atoms with Crippen LogP contribution in [0, 0.1) is 0 Å². The number of halogens is 1. The number of aryl methyl sites for hydroxylation is 1. The zero-order valence-electron chi connectivity index (χ0n) is 8.53. The molecule has 4 heteroatoms. The Kier molecular flexibility index (Phi) is 3.11. The van der Waals surface area contributed by atoms with Crippen molar-refractivity contribution in [2.75, 3.05) is 0 Å². The molecule has 0 aliphatic heterocycles. The third-order valence-corrected chi connectivity index (χ3v) is 2.64. The second kappa shape index (κ2) is 4.53. The molecule has 1 N–H and O–H groups in total. The Balaban J connectivity index is 2.04. The molecule has 1 unspecified atom stereocenters. The maximum atomic E-state index is 6.21. The number of H-pyrrole nitrogens is 1. The number of aromatic amines is 1. The fraction of sp³-hybridized carbons (Fsp3) is 0.364. The molecule has 2 aromatic heterocycles. The van der Waals surface area contributed by atoms with Crippen molar-refractivity contribution < 1.29 is 4.42 Å². The van der Waals surface area contributed by atoms with Crippen LogP contribution in [0.1, 0.15) is 29.6 Å². The first kappa shape index (κ1) is 10.3. The van der Waals surface area contributed by atoms with Crippen LogP contribution in [-0.4, -0.2) is 9.97 Å². The third kappa shape index (κ3) is 2.42. The second-order valence-electron chi connectivity index (χ2n) is 3.37. The lowest BCUT2D eigenvalue weighted by atomic mass is 10.2. The minimum absolute atomic E-state index is 0.156. The van der Waals surface area contributed by atoms with E-state index in [0.717, 1.165) is 23.8 Å². The second-order valence-corrected chi connectivity index (χ2v) is 3.89. The van der Waals surface area contributed by atoms with Gasteiger partial charge in [0.2, 0.25) is 0 Å². The highest BCUT2D eigenvalue weighted by molar-refractivity contribution is 6.20. The normalized spacial score (nSPS) is 12.9. The molecular formula is C11H13ClN2O. The quantitative estimate of drug-likeness (QED) is 0.811. The van der Waals surface area contributed by atoms with Crippen LogP contribution in [0.5, 0.6) is 0 Å². The lowest BCUT2D eigenvalue weighted by Gasteiger charge is -2.03. The topological polar surface area (TPSA) is 41.8 Å². The standard InChI is InChI=1S/C11H13ClN2O/c1-2-8-3-4-10(15-8)9(12)7-11-13-5-6-14-11/h3-6,9H,2,7H2,1H3,(H,13,14). The maximum Gasteiger partial charge on any atom is 0.122 e. The van der Waals surface area contributed by atoms with E-state index in [0.29, 0.717) is 6.42 Å². The molecule has 80 valence electrons. The molecule has 15 heavy (non-hydrogen) atoms. The lowest BCUT2D eigenvalue weighted by Crippen LogP contribution is -1.96. The summed E-state index contributed by atoms with van der Waals surface area (Å²) in [5.41, 5.74) is 0. The van der Waals surface area contributed by atoms with E-state index in [1.165, 1.54) is 0 Å². The minimum Gasteiger partial charge on any atom is -0.465 e. The van der Waals surface area contributed by atoms with Gasteiger partial charge in [-0.2, -0.15) is 0 Å². The summed E-state index contributed by atoms with van der Waals surface area (Å²) in [6, 6.07) is 3.90. The summed E-state index contributed by atoms with van der Waals surface area (Å²) < 4.78 is 5.57. The van der Waals surface area contributed by atoms with Crippen LogP contribution in [-0.2, 0) is 12.8 Å². The van der Waals surface area contributed by atoms with Crippen molar-refractivity contribution in [3.63, 3.8) is 0 Å². The molecule has 0 spiro atoms. The first-order valence-electron chi connectivity index (χ1n) is 5.00. The smallest absolute Gasteiger partial charge is 0.122 e. The van der Waals surface area contributed by atoms with Gasteiger partial charge >= 0.3 is 0 Å². The summed E-state index contributed by atoms with van der Waals surface area (Å²) in [4.78, 5) is 7.15. The van der Waals surface area contributed by atoms with E-state index in [4.69, 9.17) is 16.0 Å². The van der Waals surface area contributed by atoms with Crippen molar-refractivity contribution in [2.45, 2.75) is 25.1 Å². The van der Waals surface area contributed by atoms with Gasteiger partial charge in [0, 0.05) is 25.2 Å². The zero-order chi connectivity index (χ0) is 10.7. The summed E-state index contributed by atoms with van der Waals surface area (Å²) >= 11 is 6.21. The van der Waals surface area contributed by atoms with Crippen LogP contribution in [0.3, 0.4) is 0 Å². The molecule has 0 bridgehead atoms. The van der Waals surface area contributed by atoms with E-state index >= 15 is 0 Å². The van der Waals surface area contributed by atoms with Crippen LogP contribution < -0.4 is 0 Å². The number of nitrogens with one attached hydrogen (secondary N) is 1. The van der Waals surface area contributed by atoms with Crippen LogP contribution in [0.2, 0.25) is 0 Å². The number of rotatable bonds is 4. The van der Waals surface area contributed by atoms with E-state index in [-0.39, 0.29) is 5.38 Å². The molecule has 0 saturated heterocycles. The van der Waals surface area contributed by atoms with Crippen molar-refractivity contribution in [1.82, 2.24) is 9.97 Å². The van der Waals surface area contributed by atoms with Gasteiger partial charge in [-0.3, -0.25) is 0 Å². The fourth-order valence-corrected chi connectivity index (χ4v) is 1.70. The highest BCUT2D eigenvalue weighted by Crippen LogP contribution is 2.25. The van der Waals surface area contributed by atoms with Crippen molar-refractivity contribution >= 4 is 11.6 Å². The predicted molar refractivity (Wildman–Crippen MR) is 59.0 cm³/mol. The van der Waals surface area contributed by atoms with Gasteiger partial charge in [0.05, 0.1) is 5.38 Å². The molecular weight excluding hydrogens is 212 g/mol. The van der Waals surface area contributed by atoms with Crippen LogP contribution in [0.4, 0.5) is 0 Å². The fourth-order valence-electron chi connectivity index (χ4n) is 1.43. The zero-order valence-corrected chi connectivity index (χ0v) is 9.29. The Hall–Kier alpha value is -1.22. The molecule has 0 radical (unpaired) electrons. The van der Waals surface area contributed by atoms with Crippen LogP contribution in [0.15, 0.2) is 28.9 Å². The SMILES string of the molecule is CCc1ccc(C(Cl)Cc2ncc[nH]2)o1.